The van der Waals surface area contributed by atoms with Crippen LogP contribution in [0.25, 0.3) is 27.2 Å². The minimum Gasteiger partial charge on any atom is -0.355 e. The van der Waals surface area contributed by atoms with Crippen LogP contribution in [0.1, 0.15) is 11.3 Å². The fourth-order valence-corrected chi connectivity index (χ4v) is 4.53. The summed E-state index contributed by atoms with van der Waals surface area (Å²) in [5.41, 5.74) is 4.08. The molecule has 4 heterocycles. The first kappa shape index (κ1) is 15.6. The maximum Gasteiger partial charge on any atom is 0.196 e. The molecule has 4 aromatic heterocycles. The molecule has 0 saturated heterocycles. The van der Waals surface area contributed by atoms with Gasteiger partial charge >= 0.3 is 0 Å². The van der Waals surface area contributed by atoms with Gasteiger partial charge in [-0.3, -0.25) is 4.40 Å². The van der Waals surface area contributed by atoms with Crippen molar-refractivity contribution in [2.24, 2.45) is 0 Å². The number of aryl methyl sites for hydroxylation is 1. The molecule has 0 atom stereocenters. The normalized spacial score (nSPS) is 11.6. The van der Waals surface area contributed by atoms with Crippen LogP contribution < -0.4 is 0 Å². The highest BCUT2D eigenvalue weighted by Crippen LogP contribution is 2.29. The van der Waals surface area contributed by atoms with E-state index < -0.39 is 0 Å². The molecule has 7 heteroatoms. The molecule has 0 amide bonds. The zero-order valence-electron chi connectivity index (χ0n) is 13.9. The molecule has 5 aromatic rings. The van der Waals surface area contributed by atoms with Gasteiger partial charge in [-0.2, -0.15) is 0 Å². The second-order valence-electron chi connectivity index (χ2n) is 5.97. The van der Waals surface area contributed by atoms with Crippen LogP contribution in [0.15, 0.2) is 63.6 Å². The van der Waals surface area contributed by atoms with Crippen LogP contribution in [0.3, 0.4) is 0 Å². The fraction of sp³-hybridized carbons (Fsp3) is 0.105. The Morgan fingerprint density at radius 3 is 2.92 bits per heavy atom. The van der Waals surface area contributed by atoms with E-state index in [1.54, 1.807) is 23.1 Å². The number of aromatic nitrogens is 4. The summed E-state index contributed by atoms with van der Waals surface area (Å²) >= 11 is 3.25. The van der Waals surface area contributed by atoms with Crippen LogP contribution in [0, 0.1) is 6.92 Å². The van der Waals surface area contributed by atoms with E-state index in [0.717, 1.165) is 32.7 Å². The van der Waals surface area contributed by atoms with Gasteiger partial charge in [0.2, 0.25) is 0 Å². The van der Waals surface area contributed by atoms with E-state index >= 15 is 0 Å². The number of benzene rings is 1. The van der Waals surface area contributed by atoms with E-state index in [2.05, 4.69) is 50.9 Å². The van der Waals surface area contributed by atoms with E-state index in [1.807, 2.05) is 29.6 Å². The Morgan fingerprint density at radius 2 is 2.04 bits per heavy atom. The zero-order valence-corrected chi connectivity index (χ0v) is 15.5. The lowest BCUT2D eigenvalue weighted by atomic mass is 10.1. The second-order valence-corrected chi connectivity index (χ2v) is 7.86. The van der Waals surface area contributed by atoms with Crippen molar-refractivity contribution in [1.29, 1.82) is 0 Å². The number of pyridine rings is 1. The lowest BCUT2D eigenvalue weighted by Crippen LogP contribution is -1.93. The lowest BCUT2D eigenvalue weighted by Gasteiger charge is -2.06. The first-order valence-corrected chi connectivity index (χ1v) is 10.0. The third-order valence-electron chi connectivity index (χ3n) is 4.25. The molecule has 0 saturated carbocycles. The Morgan fingerprint density at radius 1 is 1.12 bits per heavy atom. The van der Waals surface area contributed by atoms with Gasteiger partial charge in [0.1, 0.15) is 0 Å². The molecule has 1 aromatic carbocycles. The molecule has 0 spiro atoms. The molecule has 0 aliphatic rings. The number of hydrogen-bond acceptors (Lipinski definition) is 6. The average molecular weight is 378 g/mol. The highest BCUT2D eigenvalue weighted by atomic mass is 32.2. The Labute approximate surface area is 157 Å². The van der Waals surface area contributed by atoms with Gasteiger partial charge in [-0.05, 0) is 36.1 Å². The average Bonchev–Trinajstić information content (AvgIpc) is 3.40. The van der Waals surface area contributed by atoms with Gasteiger partial charge in [-0.15, -0.1) is 21.5 Å². The van der Waals surface area contributed by atoms with Gasteiger partial charge in [0, 0.05) is 17.2 Å². The minimum atomic E-state index is 0.678. The summed E-state index contributed by atoms with van der Waals surface area (Å²) < 4.78 is 7.56. The van der Waals surface area contributed by atoms with Crippen molar-refractivity contribution in [3.05, 3.63) is 65.2 Å². The molecular formula is C19H14N4OS2. The van der Waals surface area contributed by atoms with Crippen LogP contribution in [0.5, 0.6) is 0 Å². The first-order chi connectivity index (χ1) is 12.8. The Hall–Kier alpha value is -2.64. The Kier molecular flexibility index (Phi) is 3.76. The largest absolute Gasteiger partial charge is 0.355 e. The maximum absolute atomic E-state index is 5.46. The van der Waals surface area contributed by atoms with Crippen LogP contribution in [0.2, 0.25) is 0 Å². The quantitative estimate of drug-likeness (QED) is 0.402. The summed E-state index contributed by atoms with van der Waals surface area (Å²) in [4.78, 5) is 1.09. The van der Waals surface area contributed by atoms with E-state index in [4.69, 9.17) is 4.52 Å². The highest BCUT2D eigenvalue weighted by Gasteiger charge is 2.13. The van der Waals surface area contributed by atoms with Crippen molar-refractivity contribution in [1.82, 2.24) is 19.8 Å². The molecular weight excluding hydrogens is 364 g/mol. The molecule has 0 radical (unpaired) electrons. The number of para-hydroxylation sites is 1. The second kappa shape index (κ2) is 6.26. The van der Waals surface area contributed by atoms with Crippen molar-refractivity contribution in [3.8, 4) is 10.6 Å². The predicted octanol–water partition coefficient (Wildman–Crippen LogP) is 5.20. The SMILES string of the molecule is Cc1cc2nnc(SCc3cc(-c4cccs4)on3)n2c2ccccc12. The van der Waals surface area contributed by atoms with E-state index in [9.17, 15) is 0 Å². The molecule has 5 nitrogen and oxygen atoms in total. The number of rotatable bonds is 4. The lowest BCUT2D eigenvalue weighted by molar-refractivity contribution is 0.427. The third kappa shape index (κ3) is 2.60. The number of thioether (sulfide) groups is 1. The fourth-order valence-electron chi connectivity index (χ4n) is 3.02. The van der Waals surface area contributed by atoms with Crippen molar-refractivity contribution < 1.29 is 4.52 Å². The third-order valence-corrected chi connectivity index (χ3v) is 6.09. The summed E-state index contributed by atoms with van der Waals surface area (Å²) in [6.07, 6.45) is 0. The molecule has 26 heavy (non-hydrogen) atoms. The number of hydrogen-bond donors (Lipinski definition) is 0. The van der Waals surface area contributed by atoms with E-state index in [1.165, 1.54) is 10.9 Å². The Balaban J connectivity index is 1.48. The first-order valence-electron chi connectivity index (χ1n) is 8.15. The molecule has 0 bridgehead atoms. The number of fused-ring (bicyclic) bond motifs is 3. The summed E-state index contributed by atoms with van der Waals surface area (Å²) in [7, 11) is 0. The number of thiophene rings is 1. The van der Waals surface area contributed by atoms with Gasteiger partial charge in [-0.25, -0.2) is 0 Å². The summed E-state index contributed by atoms with van der Waals surface area (Å²) in [6.45, 7) is 2.10. The number of nitrogens with zero attached hydrogens (tertiary/aromatic N) is 4. The molecule has 0 unspecified atom stereocenters. The zero-order chi connectivity index (χ0) is 17.5. The van der Waals surface area contributed by atoms with Gasteiger partial charge < -0.3 is 4.52 Å². The summed E-state index contributed by atoms with van der Waals surface area (Å²) in [6, 6.07) is 16.4. The van der Waals surface area contributed by atoms with Crippen molar-refractivity contribution in [2.75, 3.05) is 0 Å². The monoisotopic (exact) mass is 378 g/mol. The molecule has 0 aliphatic heterocycles. The van der Waals surface area contributed by atoms with Crippen molar-refractivity contribution in [2.45, 2.75) is 17.8 Å². The smallest absolute Gasteiger partial charge is 0.196 e. The van der Waals surface area contributed by atoms with Crippen molar-refractivity contribution in [3.63, 3.8) is 0 Å². The predicted molar refractivity (Wildman–Crippen MR) is 105 cm³/mol. The molecule has 128 valence electrons. The van der Waals surface area contributed by atoms with Crippen LogP contribution >= 0.6 is 23.1 Å². The maximum atomic E-state index is 5.46. The van der Waals surface area contributed by atoms with Gasteiger partial charge in [0.05, 0.1) is 16.1 Å². The molecule has 0 N–H and O–H groups in total. The van der Waals surface area contributed by atoms with Crippen LogP contribution in [-0.2, 0) is 5.75 Å². The summed E-state index contributed by atoms with van der Waals surface area (Å²) in [5, 5.41) is 17.0. The highest BCUT2D eigenvalue weighted by molar-refractivity contribution is 7.98. The summed E-state index contributed by atoms with van der Waals surface area (Å²) in [5.74, 6) is 1.49. The topological polar surface area (TPSA) is 56.2 Å². The van der Waals surface area contributed by atoms with Gasteiger partial charge in [0.15, 0.2) is 16.6 Å². The van der Waals surface area contributed by atoms with Crippen molar-refractivity contribution >= 4 is 39.6 Å². The van der Waals surface area contributed by atoms with E-state index in [0.29, 0.717) is 5.75 Å². The van der Waals surface area contributed by atoms with Crippen LogP contribution in [-0.4, -0.2) is 19.8 Å². The molecule has 0 aliphatic carbocycles. The van der Waals surface area contributed by atoms with Crippen LogP contribution in [0.4, 0.5) is 0 Å². The standard InChI is InChI=1S/C19H14N4OS2/c1-12-9-18-20-21-19(23(18)15-6-3-2-5-14(12)15)26-11-13-10-16(24-22-13)17-7-4-8-25-17/h2-10H,11H2,1H3. The molecule has 0 fully saturated rings. The van der Waals surface area contributed by atoms with Gasteiger partial charge in [-0.1, -0.05) is 41.2 Å². The van der Waals surface area contributed by atoms with E-state index in [-0.39, 0.29) is 0 Å². The molecule has 5 rings (SSSR count). The van der Waals surface area contributed by atoms with Gasteiger partial charge in [0.25, 0.3) is 0 Å². The minimum absolute atomic E-state index is 0.678. The Bertz CT molecular complexity index is 1210.